The van der Waals surface area contributed by atoms with Gasteiger partial charge in [0.25, 0.3) is 0 Å². The highest BCUT2D eigenvalue weighted by Crippen LogP contribution is 2.15. The number of benzene rings is 1. The summed E-state index contributed by atoms with van der Waals surface area (Å²) in [6.07, 6.45) is 3.02. The highest BCUT2D eigenvalue weighted by Gasteiger charge is 2.06. The number of hydrogen-bond acceptors (Lipinski definition) is 4. The first kappa shape index (κ1) is 15.1. The summed E-state index contributed by atoms with van der Waals surface area (Å²) < 4.78 is 4.91. The number of nitrogens with zero attached hydrogens (tertiary/aromatic N) is 1. The molecule has 0 unspecified atom stereocenters. The van der Waals surface area contributed by atoms with Crippen LogP contribution in [0, 0.1) is 0 Å². The molecule has 100 valence electrons. The van der Waals surface area contributed by atoms with Gasteiger partial charge in [-0.2, -0.15) is 0 Å². The smallest absolute Gasteiger partial charge is 0.320 e. The third-order valence-electron chi connectivity index (χ3n) is 2.65. The second kappa shape index (κ2) is 8.16. The van der Waals surface area contributed by atoms with Crippen molar-refractivity contribution < 1.29 is 9.53 Å². The average molecular weight is 267 g/mol. The van der Waals surface area contributed by atoms with E-state index in [1.54, 1.807) is 11.8 Å². The van der Waals surface area contributed by atoms with Gasteiger partial charge >= 0.3 is 5.97 Å². The van der Waals surface area contributed by atoms with Crippen LogP contribution < -0.4 is 0 Å². The van der Waals surface area contributed by atoms with Crippen molar-refractivity contribution in [1.29, 1.82) is 0 Å². The molecule has 3 nitrogen and oxygen atoms in total. The van der Waals surface area contributed by atoms with Crippen LogP contribution >= 0.6 is 11.8 Å². The number of thioether (sulfide) groups is 1. The third-order valence-corrected chi connectivity index (χ3v) is 3.39. The van der Waals surface area contributed by atoms with E-state index in [0.717, 1.165) is 13.0 Å². The largest absolute Gasteiger partial charge is 0.465 e. The van der Waals surface area contributed by atoms with E-state index >= 15 is 0 Å². The Kier molecular flexibility index (Phi) is 6.83. The SMILES string of the molecule is CCOC(=O)CN(C)CCc1ccc(SC)cc1. The van der Waals surface area contributed by atoms with E-state index in [-0.39, 0.29) is 5.97 Å². The first-order valence-corrected chi connectivity index (χ1v) is 7.35. The lowest BCUT2D eigenvalue weighted by Gasteiger charge is -2.15. The number of carbonyl (C=O) groups is 1. The quantitative estimate of drug-likeness (QED) is 0.560. The molecule has 4 heteroatoms. The lowest BCUT2D eigenvalue weighted by Crippen LogP contribution is -2.29. The Morgan fingerprint density at radius 1 is 1.33 bits per heavy atom. The molecule has 0 saturated heterocycles. The van der Waals surface area contributed by atoms with Crippen molar-refractivity contribution in [3.05, 3.63) is 29.8 Å². The summed E-state index contributed by atoms with van der Waals surface area (Å²) in [6, 6.07) is 8.55. The lowest BCUT2D eigenvalue weighted by molar-refractivity contribution is -0.144. The van der Waals surface area contributed by atoms with E-state index in [4.69, 9.17) is 4.74 Å². The number of esters is 1. The van der Waals surface area contributed by atoms with E-state index in [1.807, 2.05) is 18.9 Å². The molecule has 0 aromatic heterocycles. The van der Waals surface area contributed by atoms with Gasteiger partial charge in [0, 0.05) is 11.4 Å². The van der Waals surface area contributed by atoms with E-state index in [1.165, 1.54) is 10.5 Å². The Bertz CT molecular complexity index is 365. The van der Waals surface area contributed by atoms with Crippen molar-refractivity contribution in [2.75, 3.05) is 33.0 Å². The highest BCUT2D eigenvalue weighted by atomic mass is 32.2. The minimum absolute atomic E-state index is 0.155. The van der Waals surface area contributed by atoms with Gasteiger partial charge < -0.3 is 4.74 Å². The molecule has 1 aromatic rings. The highest BCUT2D eigenvalue weighted by molar-refractivity contribution is 7.98. The van der Waals surface area contributed by atoms with Gasteiger partial charge in [0.05, 0.1) is 13.2 Å². The van der Waals surface area contributed by atoms with Gasteiger partial charge in [0.1, 0.15) is 0 Å². The Hall–Kier alpha value is -1.00. The van der Waals surface area contributed by atoms with Crippen molar-refractivity contribution in [3.63, 3.8) is 0 Å². The molecule has 0 radical (unpaired) electrons. The second-order valence-electron chi connectivity index (χ2n) is 4.14. The zero-order valence-corrected chi connectivity index (χ0v) is 12.1. The minimum Gasteiger partial charge on any atom is -0.465 e. The molecule has 1 rings (SSSR count). The zero-order valence-electron chi connectivity index (χ0n) is 11.3. The molecule has 0 aliphatic carbocycles. The molecular weight excluding hydrogens is 246 g/mol. The second-order valence-corrected chi connectivity index (χ2v) is 5.02. The van der Waals surface area contributed by atoms with Crippen molar-refractivity contribution in [3.8, 4) is 0 Å². The maximum Gasteiger partial charge on any atom is 0.320 e. The number of rotatable bonds is 7. The Balaban J connectivity index is 2.32. The summed E-state index contributed by atoms with van der Waals surface area (Å²) in [5.74, 6) is -0.155. The van der Waals surface area contributed by atoms with Crippen LogP contribution in [-0.2, 0) is 16.0 Å². The molecule has 1 aromatic carbocycles. The minimum atomic E-state index is -0.155. The van der Waals surface area contributed by atoms with Crippen LogP contribution in [-0.4, -0.2) is 43.9 Å². The van der Waals surface area contributed by atoms with Crippen molar-refractivity contribution in [2.24, 2.45) is 0 Å². The third kappa shape index (κ3) is 5.56. The molecule has 18 heavy (non-hydrogen) atoms. The standard InChI is InChI=1S/C14H21NO2S/c1-4-17-14(16)11-15(2)10-9-12-5-7-13(18-3)8-6-12/h5-8H,4,9-11H2,1-3H3. The maximum atomic E-state index is 11.3. The van der Waals surface area contributed by atoms with Gasteiger partial charge in [-0.3, -0.25) is 9.69 Å². The predicted molar refractivity (Wildman–Crippen MR) is 76.1 cm³/mol. The van der Waals surface area contributed by atoms with Crippen molar-refractivity contribution >= 4 is 17.7 Å². The van der Waals surface area contributed by atoms with Gasteiger partial charge in [-0.25, -0.2) is 0 Å². The van der Waals surface area contributed by atoms with Gasteiger partial charge in [0.15, 0.2) is 0 Å². The van der Waals surface area contributed by atoms with E-state index in [9.17, 15) is 4.79 Å². The van der Waals surface area contributed by atoms with Crippen LogP contribution in [0.2, 0.25) is 0 Å². The van der Waals surface area contributed by atoms with Crippen LogP contribution in [0.15, 0.2) is 29.2 Å². The normalized spacial score (nSPS) is 10.7. The molecule has 0 aliphatic rings. The Morgan fingerprint density at radius 3 is 2.56 bits per heavy atom. The molecule has 0 N–H and O–H groups in total. The van der Waals surface area contributed by atoms with Crippen LogP contribution in [0.3, 0.4) is 0 Å². The molecule has 0 amide bonds. The molecule has 0 saturated carbocycles. The van der Waals surface area contributed by atoms with Crippen LogP contribution in [0.4, 0.5) is 0 Å². The number of hydrogen-bond donors (Lipinski definition) is 0. The number of likely N-dealkylation sites (N-methyl/N-ethyl adjacent to an activating group) is 1. The zero-order chi connectivity index (χ0) is 13.4. The van der Waals surface area contributed by atoms with Crippen LogP contribution in [0.25, 0.3) is 0 Å². The fourth-order valence-electron chi connectivity index (χ4n) is 1.62. The van der Waals surface area contributed by atoms with E-state index < -0.39 is 0 Å². The molecule has 0 fully saturated rings. The van der Waals surface area contributed by atoms with Crippen LogP contribution in [0.1, 0.15) is 12.5 Å². The van der Waals surface area contributed by atoms with Gasteiger partial charge in [-0.1, -0.05) is 12.1 Å². The van der Waals surface area contributed by atoms with E-state index in [2.05, 4.69) is 30.5 Å². The summed E-state index contributed by atoms with van der Waals surface area (Å²) in [6.45, 7) is 3.49. The summed E-state index contributed by atoms with van der Waals surface area (Å²) in [7, 11) is 1.94. The van der Waals surface area contributed by atoms with Gasteiger partial charge in [-0.05, 0) is 44.3 Å². The Labute approximate surface area is 114 Å². The maximum absolute atomic E-state index is 11.3. The molecule has 0 heterocycles. The van der Waals surface area contributed by atoms with Crippen molar-refractivity contribution in [2.45, 2.75) is 18.2 Å². The van der Waals surface area contributed by atoms with Gasteiger partial charge in [-0.15, -0.1) is 11.8 Å². The Morgan fingerprint density at radius 2 is 2.00 bits per heavy atom. The molecule has 0 atom stereocenters. The monoisotopic (exact) mass is 267 g/mol. The summed E-state index contributed by atoms with van der Waals surface area (Å²) in [5.41, 5.74) is 1.29. The first-order valence-electron chi connectivity index (χ1n) is 6.12. The lowest BCUT2D eigenvalue weighted by atomic mass is 10.1. The number of carbonyl (C=O) groups excluding carboxylic acids is 1. The summed E-state index contributed by atoms with van der Waals surface area (Å²) >= 11 is 1.74. The average Bonchev–Trinajstić information content (AvgIpc) is 2.37. The summed E-state index contributed by atoms with van der Waals surface area (Å²) in [4.78, 5) is 14.5. The van der Waals surface area contributed by atoms with Gasteiger partial charge in [0.2, 0.25) is 0 Å². The first-order chi connectivity index (χ1) is 8.65. The fourth-order valence-corrected chi connectivity index (χ4v) is 2.03. The summed E-state index contributed by atoms with van der Waals surface area (Å²) in [5, 5.41) is 0. The topological polar surface area (TPSA) is 29.5 Å². The predicted octanol–water partition coefficient (Wildman–Crippen LogP) is 2.45. The molecule has 0 bridgehead atoms. The number of ether oxygens (including phenoxy) is 1. The van der Waals surface area contributed by atoms with Crippen molar-refractivity contribution in [1.82, 2.24) is 4.90 Å². The van der Waals surface area contributed by atoms with E-state index in [0.29, 0.717) is 13.2 Å². The molecule has 0 spiro atoms. The molecular formula is C14H21NO2S. The fraction of sp³-hybridized carbons (Fsp3) is 0.500. The van der Waals surface area contributed by atoms with Crippen LogP contribution in [0.5, 0.6) is 0 Å². The molecule has 0 aliphatic heterocycles.